The fraction of sp³-hybridized carbons (Fsp3) is 0.304. The third-order valence-electron chi connectivity index (χ3n) is 5.48. The number of anilines is 1. The van der Waals surface area contributed by atoms with Crippen LogP contribution in [-0.2, 0) is 29.1 Å². The fourth-order valence-corrected chi connectivity index (χ4v) is 4.80. The van der Waals surface area contributed by atoms with Crippen molar-refractivity contribution in [3.8, 4) is 0 Å². The van der Waals surface area contributed by atoms with Gasteiger partial charge in [0.2, 0.25) is 10.0 Å². The van der Waals surface area contributed by atoms with Crippen LogP contribution in [0.25, 0.3) is 10.9 Å². The molecule has 0 spiro atoms. The Morgan fingerprint density at radius 2 is 1.76 bits per heavy atom. The number of carbonyl (C=O) groups is 2. The number of sulfonamides is 1. The first kappa shape index (κ1) is 22.8. The van der Waals surface area contributed by atoms with Crippen LogP contribution in [0.3, 0.4) is 0 Å². The van der Waals surface area contributed by atoms with E-state index in [9.17, 15) is 22.4 Å². The highest BCUT2D eigenvalue weighted by Gasteiger charge is 2.49. The molecule has 2 N–H and O–H groups in total. The Kier molecular flexibility index (Phi) is 5.44. The summed E-state index contributed by atoms with van der Waals surface area (Å²) < 4.78 is 50.6. The maximum absolute atomic E-state index is 13.9. The van der Waals surface area contributed by atoms with Gasteiger partial charge in [0.05, 0.1) is 17.5 Å². The molecule has 1 aliphatic heterocycles. The number of halogens is 1. The van der Waals surface area contributed by atoms with Crippen LogP contribution in [0.2, 0.25) is 0 Å². The van der Waals surface area contributed by atoms with Crippen molar-refractivity contribution in [3.63, 3.8) is 0 Å². The molecule has 0 amide bonds. The van der Waals surface area contributed by atoms with Crippen LogP contribution in [0, 0.1) is 18.7 Å². The average Bonchev–Trinajstić information content (AvgIpc) is 3.08. The van der Waals surface area contributed by atoms with Gasteiger partial charge in [0.25, 0.3) is 5.79 Å². The second kappa shape index (κ2) is 7.87. The first-order valence-corrected chi connectivity index (χ1v) is 12.0. The first-order chi connectivity index (χ1) is 15.4. The monoisotopic (exact) mass is 474 g/mol. The lowest BCUT2D eigenvalue weighted by atomic mass is 9.78. The predicted octanol–water partition coefficient (Wildman–Crippen LogP) is 3.57. The van der Waals surface area contributed by atoms with Gasteiger partial charge in [0.15, 0.2) is 5.92 Å². The van der Waals surface area contributed by atoms with Gasteiger partial charge >= 0.3 is 11.9 Å². The number of hydrogen-bond acceptors (Lipinski definition) is 6. The number of hydrogen-bond donors (Lipinski definition) is 2. The molecule has 8 nitrogen and oxygen atoms in total. The van der Waals surface area contributed by atoms with Crippen molar-refractivity contribution in [3.05, 3.63) is 65.1 Å². The molecule has 0 saturated carbocycles. The van der Waals surface area contributed by atoms with Gasteiger partial charge in [-0.25, -0.2) is 12.8 Å². The largest absolute Gasteiger partial charge is 0.422 e. The Morgan fingerprint density at radius 1 is 1.09 bits per heavy atom. The molecule has 33 heavy (non-hydrogen) atoms. The van der Waals surface area contributed by atoms with Gasteiger partial charge in [0, 0.05) is 31.3 Å². The van der Waals surface area contributed by atoms with Crippen LogP contribution < -0.4 is 4.72 Å². The SMILES string of the molecule is Cc1cc(F)ccc1C(c1c[nH]c2c(NS(C)(=O)=O)cccc12)C1C(=O)OC(C)(C)OC1=O. The third-order valence-corrected chi connectivity index (χ3v) is 6.07. The Morgan fingerprint density at radius 3 is 2.36 bits per heavy atom. The Labute approximate surface area is 190 Å². The molecule has 174 valence electrons. The van der Waals surface area contributed by atoms with Crippen molar-refractivity contribution in [1.82, 2.24) is 4.98 Å². The maximum atomic E-state index is 13.9. The molecule has 2 heterocycles. The number of ether oxygens (including phenoxy) is 2. The predicted molar refractivity (Wildman–Crippen MR) is 119 cm³/mol. The summed E-state index contributed by atoms with van der Waals surface area (Å²) in [5.74, 6) is -5.59. The van der Waals surface area contributed by atoms with Crippen LogP contribution in [0.4, 0.5) is 10.1 Å². The smallest absolute Gasteiger partial charge is 0.324 e. The van der Waals surface area contributed by atoms with Crippen LogP contribution in [0.5, 0.6) is 0 Å². The molecule has 1 aliphatic rings. The molecule has 1 atom stereocenters. The van der Waals surface area contributed by atoms with Gasteiger partial charge in [0.1, 0.15) is 5.82 Å². The van der Waals surface area contributed by atoms with Crippen molar-refractivity contribution in [2.75, 3.05) is 11.0 Å². The standard InChI is InChI=1S/C23H23FN2O6S/c1-12-10-13(24)8-9-14(12)18(19-21(27)31-23(2,3)32-22(19)28)16-11-25-20-15(16)6-5-7-17(20)26-33(4,29)30/h5-11,18-19,25-26H,1-4H3. The lowest BCUT2D eigenvalue weighted by Crippen LogP contribution is -2.48. The van der Waals surface area contributed by atoms with Gasteiger partial charge in [-0.15, -0.1) is 0 Å². The van der Waals surface area contributed by atoms with Crippen molar-refractivity contribution in [2.45, 2.75) is 32.5 Å². The molecule has 1 aromatic heterocycles. The number of esters is 2. The fourth-order valence-electron chi connectivity index (χ4n) is 4.23. The van der Waals surface area contributed by atoms with Crippen LogP contribution in [0.1, 0.15) is 36.5 Å². The van der Waals surface area contributed by atoms with E-state index in [0.29, 0.717) is 33.3 Å². The Hall–Kier alpha value is -3.40. The van der Waals surface area contributed by atoms with Gasteiger partial charge in [-0.3, -0.25) is 14.3 Å². The average molecular weight is 475 g/mol. The van der Waals surface area contributed by atoms with E-state index in [-0.39, 0.29) is 0 Å². The quantitative estimate of drug-likeness (QED) is 0.432. The number of fused-ring (bicyclic) bond motifs is 1. The van der Waals surface area contributed by atoms with E-state index in [1.165, 1.54) is 32.0 Å². The second-order valence-corrected chi connectivity index (χ2v) is 10.3. The van der Waals surface area contributed by atoms with E-state index in [4.69, 9.17) is 9.47 Å². The number of aromatic amines is 1. The summed E-state index contributed by atoms with van der Waals surface area (Å²) in [6, 6.07) is 9.08. The summed E-state index contributed by atoms with van der Waals surface area (Å²) in [5.41, 5.74) is 2.39. The molecule has 2 aromatic carbocycles. The second-order valence-electron chi connectivity index (χ2n) is 8.54. The summed E-state index contributed by atoms with van der Waals surface area (Å²) in [4.78, 5) is 29.0. The van der Waals surface area contributed by atoms with Crippen LogP contribution in [0.15, 0.2) is 42.6 Å². The van der Waals surface area contributed by atoms with Crippen LogP contribution >= 0.6 is 0 Å². The zero-order valence-corrected chi connectivity index (χ0v) is 19.2. The minimum absolute atomic E-state index is 0.311. The molecule has 4 rings (SSSR count). The minimum atomic E-state index is -3.55. The Bertz CT molecular complexity index is 1360. The summed E-state index contributed by atoms with van der Waals surface area (Å²) in [5, 5.41) is 0.586. The summed E-state index contributed by atoms with van der Waals surface area (Å²) in [6.45, 7) is 4.61. The number of H-pyrrole nitrogens is 1. The highest BCUT2D eigenvalue weighted by molar-refractivity contribution is 7.92. The molecule has 3 aromatic rings. The van der Waals surface area contributed by atoms with E-state index < -0.39 is 45.4 Å². The molecule has 1 unspecified atom stereocenters. The third kappa shape index (κ3) is 4.43. The topological polar surface area (TPSA) is 115 Å². The molecular formula is C23H23FN2O6S. The van der Waals surface area contributed by atoms with Crippen molar-refractivity contribution >= 4 is 38.6 Å². The normalized spacial score (nSPS) is 17.5. The number of carbonyl (C=O) groups excluding carboxylic acids is 2. The zero-order valence-electron chi connectivity index (χ0n) is 18.4. The number of aromatic nitrogens is 1. The molecule has 1 saturated heterocycles. The summed E-state index contributed by atoms with van der Waals surface area (Å²) in [6.07, 6.45) is 2.64. The molecular weight excluding hydrogens is 451 g/mol. The van der Waals surface area contributed by atoms with Gasteiger partial charge in [-0.05, 0) is 41.8 Å². The summed E-state index contributed by atoms with van der Waals surface area (Å²) in [7, 11) is -3.55. The van der Waals surface area contributed by atoms with Crippen LogP contribution in [-0.4, -0.2) is 37.4 Å². The number of benzene rings is 2. The van der Waals surface area contributed by atoms with E-state index in [1.807, 2.05) is 0 Å². The zero-order chi connectivity index (χ0) is 24.1. The minimum Gasteiger partial charge on any atom is -0.422 e. The number of aryl methyl sites for hydroxylation is 1. The number of cyclic esters (lactones) is 2. The highest BCUT2D eigenvalue weighted by atomic mass is 32.2. The Balaban J connectivity index is 1.93. The van der Waals surface area contributed by atoms with Gasteiger partial charge < -0.3 is 14.5 Å². The number of rotatable bonds is 5. The van der Waals surface area contributed by atoms with E-state index in [2.05, 4.69) is 9.71 Å². The molecule has 0 radical (unpaired) electrons. The summed E-state index contributed by atoms with van der Waals surface area (Å²) >= 11 is 0. The van der Waals surface area contributed by atoms with E-state index in [0.717, 1.165) is 6.26 Å². The molecule has 0 bridgehead atoms. The molecule has 1 fully saturated rings. The number of para-hydroxylation sites is 1. The lowest BCUT2D eigenvalue weighted by molar-refractivity contribution is -0.240. The molecule has 0 aliphatic carbocycles. The van der Waals surface area contributed by atoms with E-state index >= 15 is 0 Å². The van der Waals surface area contributed by atoms with Crippen molar-refractivity contribution in [1.29, 1.82) is 0 Å². The van der Waals surface area contributed by atoms with Crippen molar-refractivity contribution in [2.24, 2.45) is 5.92 Å². The lowest BCUT2D eigenvalue weighted by Gasteiger charge is -2.36. The van der Waals surface area contributed by atoms with Gasteiger partial charge in [-0.2, -0.15) is 0 Å². The number of nitrogens with one attached hydrogen (secondary N) is 2. The van der Waals surface area contributed by atoms with Crippen molar-refractivity contribution < 1.29 is 31.9 Å². The molecule has 10 heteroatoms. The first-order valence-electron chi connectivity index (χ1n) is 10.2. The van der Waals surface area contributed by atoms with E-state index in [1.54, 1.807) is 31.3 Å². The van der Waals surface area contributed by atoms with Gasteiger partial charge in [-0.1, -0.05) is 18.2 Å². The highest BCUT2D eigenvalue weighted by Crippen LogP contribution is 2.42. The maximum Gasteiger partial charge on any atom is 0.324 e.